The number of amidine groups is 1. The molecule has 3 heteroatoms. The Morgan fingerprint density at radius 2 is 2.38 bits per heavy atom. The predicted octanol–water partition coefficient (Wildman–Crippen LogP) is 1.44. The van der Waals surface area contributed by atoms with Crippen molar-refractivity contribution in [3.8, 4) is 0 Å². The quantitative estimate of drug-likeness (QED) is 0.717. The van der Waals surface area contributed by atoms with Gasteiger partial charge in [-0.1, -0.05) is 6.92 Å². The number of nitrogens with one attached hydrogen (secondary N) is 1. The van der Waals surface area contributed by atoms with E-state index in [1.54, 1.807) is 7.11 Å². The zero-order valence-corrected chi connectivity index (χ0v) is 8.68. The van der Waals surface area contributed by atoms with Gasteiger partial charge in [-0.2, -0.15) is 0 Å². The van der Waals surface area contributed by atoms with Crippen molar-refractivity contribution in [3.05, 3.63) is 0 Å². The van der Waals surface area contributed by atoms with E-state index < -0.39 is 0 Å². The minimum Gasteiger partial charge on any atom is -0.384 e. The van der Waals surface area contributed by atoms with E-state index in [-0.39, 0.29) is 0 Å². The van der Waals surface area contributed by atoms with Crippen molar-refractivity contribution >= 4 is 5.84 Å². The molecule has 3 nitrogen and oxygen atoms in total. The van der Waals surface area contributed by atoms with Gasteiger partial charge in [0.1, 0.15) is 0 Å². The first kappa shape index (κ1) is 10.5. The summed E-state index contributed by atoms with van der Waals surface area (Å²) < 4.78 is 5.06. The lowest BCUT2D eigenvalue weighted by Crippen LogP contribution is -2.31. The molecule has 0 amide bonds. The summed E-state index contributed by atoms with van der Waals surface area (Å²) >= 11 is 0. The van der Waals surface area contributed by atoms with Crippen molar-refractivity contribution in [3.63, 3.8) is 0 Å². The van der Waals surface area contributed by atoms with Crippen LogP contribution >= 0.6 is 0 Å². The molecule has 0 radical (unpaired) electrons. The normalized spacial score (nSPS) is 19.4. The summed E-state index contributed by atoms with van der Waals surface area (Å²) in [5, 5.41) is 3.38. The van der Waals surface area contributed by atoms with Crippen molar-refractivity contribution < 1.29 is 4.74 Å². The first-order valence-electron chi connectivity index (χ1n) is 5.09. The van der Waals surface area contributed by atoms with E-state index >= 15 is 0 Å². The van der Waals surface area contributed by atoms with Crippen LogP contribution in [0.25, 0.3) is 0 Å². The van der Waals surface area contributed by atoms with Crippen molar-refractivity contribution in [2.45, 2.75) is 26.2 Å². The second kappa shape index (κ2) is 5.97. The van der Waals surface area contributed by atoms with E-state index in [2.05, 4.69) is 17.2 Å². The molecule has 1 atom stereocenters. The first-order valence-corrected chi connectivity index (χ1v) is 5.09. The van der Waals surface area contributed by atoms with Crippen LogP contribution in [0.15, 0.2) is 4.99 Å². The van der Waals surface area contributed by atoms with Crippen LogP contribution in [0.1, 0.15) is 26.2 Å². The fraction of sp³-hybridized carbons (Fsp3) is 0.900. The van der Waals surface area contributed by atoms with E-state index in [0.717, 1.165) is 26.1 Å². The fourth-order valence-corrected chi connectivity index (χ4v) is 1.48. The molecule has 1 aliphatic rings. The van der Waals surface area contributed by atoms with E-state index in [1.165, 1.54) is 18.7 Å². The first-order chi connectivity index (χ1) is 6.33. The number of aliphatic imine (C=N–C) groups is 1. The summed E-state index contributed by atoms with van der Waals surface area (Å²) in [4.78, 5) is 4.43. The second-order valence-electron chi connectivity index (χ2n) is 3.73. The lowest BCUT2D eigenvalue weighted by atomic mass is 10.1. The minimum absolute atomic E-state index is 0.564. The van der Waals surface area contributed by atoms with Gasteiger partial charge in [0.25, 0.3) is 0 Å². The molecule has 1 heterocycles. The topological polar surface area (TPSA) is 33.6 Å². The third kappa shape index (κ3) is 4.27. The molecular formula is C10H20N2O. The molecule has 76 valence electrons. The molecule has 0 aromatic rings. The number of methoxy groups -OCH3 is 1. The highest BCUT2D eigenvalue weighted by molar-refractivity contribution is 5.82. The Hall–Kier alpha value is -0.570. The Bertz CT molecular complexity index is 168. The third-order valence-electron chi connectivity index (χ3n) is 2.23. The van der Waals surface area contributed by atoms with Gasteiger partial charge in [-0.3, -0.25) is 4.99 Å². The zero-order valence-electron chi connectivity index (χ0n) is 8.68. The van der Waals surface area contributed by atoms with E-state index in [4.69, 9.17) is 4.74 Å². The molecule has 0 fully saturated rings. The largest absolute Gasteiger partial charge is 0.384 e. The summed E-state index contributed by atoms with van der Waals surface area (Å²) in [7, 11) is 1.74. The van der Waals surface area contributed by atoms with Crippen LogP contribution in [0.3, 0.4) is 0 Å². The van der Waals surface area contributed by atoms with Gasteiger partial charge >= 0.3 is 0 Å². The van der Waals surface area contributed by atoms with Crippen LogP contribution in [0.2, 0.25) is 0 Å². The number of hydrogen-bond donors (Lipinski definition) is 1. The Kier molecular flexibility index (Phi) is 4.83. The van der Waals surface area contributed by atoms with Gasteiger partial charge in [-0.05, 0) is 18.8 Å². The molecule has 0 aromatic heterocycles. The Labute approximate surface area is 80.6 Å². The number of ether oxygens (including phenoxy) is 1. The van der Waals surface area contributed by atoms with Gasteiger partial charge in [0.2, 0.25) is 0 Å². The van der Waals surface area contributed by atoms with Crippen molar-refractivity contribution in [2.24, 2.45) is 10.9 Å². The maximum absolute atomic E-state index is 5.06. The minimum atomic E-state index is 0.564. The molecule has 1 unspecified atom stereocenters. The summed E-state index contributed by atoms with van der Waals surface area (Å²) in [5.41, 5.74) is 0. The number of nitrogens with zero attached hydrogens (tertiary/aromatic N) is 1. The zero-order chi connectivity index (χ0) is 9.52. The molecule has 1 rings (SSSR count). The Morgan fingerprint density at radius 3 is 3.00 bits per heavy atom. The Morgan fingerprint density at radius 1 is 1.54 bits per heavy atom. The molecule has 1 aliphatic heterocycles. The lowest BCUT2D eigenvalue weighted by Gasteiger charge is -2.16. The average molecular weight is 184 g/mol. The summed E-state index contributed by atoms with van der Waals surface area (Å²) in [6, 6.07) is 0. The maximum Gasteiger partial charge on any atom is 0.0963 e. The van der Waals surface area contributed by atoms with E-state index in [1.807, 2.05) is 0 Å². The molecule has 0 bridgehead atoms. The van der Waals surface area contributed by atoms with Crippen molar-refractivity contribution in [2.75, 3.05) is 26.8 Å². The second-order valence-corrected chi connectivity index (χ2v) is 3.73. The standard InChI is InChI=1S/C10H20N2O/c1-9(8-13-2)7-12-10-5-3-4-6-11-10/h9H,3-8H2,1-2H3,(H,11,12). The molecule has 13 heavy (non-hydrogen) atoms. The summed E-state index contributed by atoms with van der Waals surface area (Å²) in [6.45, 7) is 4.98. The van der Waals surface area contributed by atoms with Gasteiger partial charge < -0.3 is 10.1 Å². The van der Waals surface area contributed by atoms with Gasteiger partial charge in [0.15, 0.2) is 0 Å². The lowest BCUT2D eigenvalue weighted by molar-refractivity contribution is 0.160. The van der Waals surface area contributed by atoms with E-state index in [9.17, 15) is 0 Å². The Balaban J connectivity index is 2.13. The van der Waals surface area contributed by atoms with Crippen molar-refractivity contribution in [1.29, 1.82) is 0 Å². The van der Waals surface area contributed by atoms with Crippen LogP contribution < -0.4 is 5.32 Å². The van der Waals surface area contributed by atoms with Crippen molar-refractivity contribution in [1.82, 2.24) is 5.32 Å². The highest BCUT2D eigenvalue weighted by atomic mass is 16.5. The van der Waals surface area contributed by atoms with Crippen LogP contribution in [0.5, 0.6) is 0 Å². The molecular weight excluding hydrogens is 164 g/mol. The number of rotatable bonds is 4. The smallest absolute Gasteiger partial charge is 0.0963 e. The maximum atomic E-state index is 5.06. The predicted molar refractivity (Wildman–Crippen MR) is 55.2 cm³/mol. The van der Waals surface area contributed by atoms with Gasteiger partial charge in [-0.15, -0.1) is 0 Å². The molecule has 1 N–H and O–H groups in total. The highest BCUT2D eigenvalue weighted by Crippen LogP contribution is 2.04. The SMILES string of the molecule is COCC(C)CNC1=NCCCC1. The molecule has 0 saturated heterocycles. The highest BCUT2D eigenvalue weighted by Gasteiger charge is 2.06. The van der Waals surface area contributed by atoms with Crippen LogP contribution in [0, 0.1) is 5.92 Å². The molecule has 0 spiro atoms. The van der Waals surface area contributed by atoms with Gasteiger partial charge in [0, 0.05) is 26.6 Å². The van der Waals surface area contributed by atoms with Crippen LogP contribution in [-0.2, 0) is 4.74 Å². The molecule has 0 saturated carbocycles. The summed E-state index contributed by atoms with van der Waals surface area (Å²) in [6.07, 6.45) is 3.66. The number of hydrogen-bond acceptors (Lipinski definition) is 3. The van der Waals surface area contributed by atoms with E-state index in [0.29, 0.717) is 5.92 Å². The third-order valence-corrected chi connectivity index (χ3v) is 2.23. The summed E-state index contributed by atoms with van der Waals surface area (Å²) in [5.74, 6) is 1.75. The van der Waals surface area contributed by atoms with Crippen LogP contribution in [-0.4, -0.2) is 32.6 Å². The molecule has 0 aromatic carbocycles. The monoisotopic (exact) mass is 184 g/mol. The fourth-order valence-electron chi connectivity index (χ4n) is 1.48. The molecule has 0 aliphatic carbocycles. The van der Waals surface area contributed by atoms with Crippen LogP contribution in [0.4, 0.5) is 0 Å². The average Bonchev–Trinajstić information content (AvgIpc) is 2.17. The van der Waals surface area contributed by atoms with Gasteiger partial charge in [0.05, 0.1) is 12.4 Å². The van der Waals surface area contributed by atoms with Gasteiger partial charge in [-0.25, -0.2) is 0 Å².